The molecule has 0 aliphatic heterocycles. The van der Waals surface area contributed by atoms with Crippen LogP contribution in [0.15, 0.2) is 29.3 Å². The van der Waals surface area contributed by atoms with E-state index in [0.717, 1.165) is 0 Å². The molecule has 1 unspecified atom stereocenters. The zero-order valence-electron chi connectivity index (χ0n) is 10.4. The molecule has 0 spiro atoms. The van der Waals surface area contributed by atoms with Gasteiger partial charge in [-0.15, -0.1) is 0 Å². The first kappa shape index (κ1) is 14.0. The molecule has 0 aliphatic carbocycles. The Labute approximate surface area is 104 Å². The summed E-state index contributed by atoms with van der Waals surface area (Å²) in [7, 11) is 2.63. The molecule has 0 fully saturated rings. The lowest BCUT2D eigenvalue weighted by atomic mass is 9.93. The Balaban J connectivity index is 3.19. The van der Waals surface area contributed by atoms with Crippen LogP contribution in [-0.4, -0.2) is 31.6 Å². The van der Waals surface area contributed by atoms with Gasteiger partial charge in [0.15, 0.2) is 11.7 Å². The van der Waals surface area contributed by atoms with Crippen molar-refractivity contribution in [1.29, 1.82) is 0 Å². The first-order valence-corrected chi connectivity index (χ1v) is 5.32. The number of esters is 1. The van der Waals surface area contributed by atoms with Gasteiger partial charge in [-0.05, 0) is 19.1 Å². The molecule has 0 bridgehead atoms. The van der Waals surface area contributed by atoms with Crippen molar-refractivity contribution in [2.45, 2.75) is 6.92 Å². The van der Waals surface area contributed by atoms with Gasteiger partial charge < -0.3 is 4.74 Å². The molecule has 0 aromatic heterocycles. The third-order valence-electron chi connectivity index (χ3n) is 2.61. The highest BCUT2D eigenvalue weighted by molar-refractivity contribution is 6.23. The molecule has 18 heavy (non-hydrogen) atoms. The minimum absolute atomic E-state index is 0.143. The highest BCUT2D eigenvalue weighted by Crippen LogP contribution is 2.15. The lowest BCUT2D eigenvalue weighted by molar-refractivity contribution is -0.141. The number of benzene rings is 1. The number of rotatable bonds is 4. The molecule has 0 amide bonds. The second-order valence-electron chi connectivity index (χ2n) is 3.67. The zero-order valence-corrected chi connectivity index (χ0v) is 10.4. The van der Waals surface area contributed by atoms with Crippen molar-refractivity contribution in [2.24, 2.45) is 10.9 Å². The Morgan fingerprint density at radius 1 is 1.33 bits per heavy atom. The molecule has 96 valence electrons. The van der Waals surface area contributed by atoms with E-state index >= 15 is 0 Å². The van der Waals surface area contributed by atoms with Gasteiger partial charge in [-0.3, -0.25) is 14.6 Å². The van der Waals surface area contributed by atoms with Gasteiger partial charge in [0.1, 0.15) is 5.82 Å². The maximum Gasteiger partial charge on any atom is 0.322 e. The second-order valence-corrected chi connectivity index (χ2v) is 3.67. The van der Waals surface area contributed by atoms with Crippen molar-refractivity contribution in [3.05, 3.63) is 35.6 Å². The molecular weight excluding hydrogens is 237 g/mol. The largest absolute Gasteiger partial charge is 0.468 e. The Morgan fingerprint density at radius 3 is 2.44 bits per heavy atom. The van der Waals surface area contributed by atoms with Gasteiger partial charge in [0.2, 0.25) is 0 Å². The summed E-state index contributed by atoms with van der Waals surface area (Å²) in [5.74, 6) is -3.26. The maximum atomic E-state index is 13.5. The van der Waals surface area contributed by atoms with E-state index in [1.165, 1.54) is 45.3 Å². The Morgan fingerprint density at radius 2 is 1.94 bits per heavy atom. The van der Waals surface area contributed by atoms with Crippen molar-refractivity contribution in [3.63, 3.8) is 0 Å². The third-order valence-corrected chi connectivity index (χ3v) is 2.61. The van der Waals surface area contributed by atoms with Crippen LogP contribution in [0.5, 0.6) is 0 Å². The minimum Gasteiger partial charge on any atom is -0.468 e. The molecular formula is C13H14FNO3. The number of halogens is 1. The number of hydrogen-bond acceptors (Lipinski definition) is 4. The number of ether oxygens (including phenoxy) is 1. The molecule has 0 N–H and O–H groups in total. The monoisotopic (exact) mass is 251 g/mol. The number of nitrogens with zero attached hydrogens (tertiary/aromatic N) is 1. The fourth-order valence-corrected chi connectivity index (χ4v) is 1.53. The zero-order chi connectivity index (χ0) is 13.7. The van der Waals surface area contributed by atoms with Gasteiger partial charge in [-0.2, -0.15) is 0 Å². The summed E-state index contributed by atoms with van der Waals surface area (Å²) in [6.07, 6.45) is 0. The van der Waals surface area contributed by atoms with E-state index in [1.54, 1.807) is 0 Å². The average molecular weight is 251 g/mol. The summed E-state index contributed by atoms with van der Waals surface area (Å²) >= 11 is 0. The molecule has 0 heterocycles. The second kappa shape index (κ2) is 6.05. The number of methoxy groups -OCH3 is 1. The fraction of sp³-hybridized carbons (Fsp3) is 0.308. The molecule has 0 saturated heterocycles. The van der Waals surface area contributed by atoms with Gasteiger partial charge in [0, 0.05) is 12.8 Å². The number of Topliss-reactive ketones (excluding diaryl/α,β-unsaturated/α-hetero) is 1. The molecule has 5 heteroatoms. The summed E-state index contributed by atoms with van der Waals surface area (Å²) in [4.78, 5) is 27.5. The average Bonchev–Trinajstić information content (AvgIpc) is 2.38. The lowest BCUT2D eigenvalue weighted by Crippen LogP contribution is -2.32. The van der Waals surface area contributed by atoms with Crippen LogP contribution in [0, 0.1) is 11.7 Å². The molecule has 1 aromatic rings. The predicted octanol–water partition coefficient (Wildman–Crippen LogP) is 1.89. The number of ketones is 1. The molecule has 4 nitrogen and oxygen atoms in total. The van der Waals surface area contributed by atoms with E-state index in [0.29, 0.717) is 0 Å². The van der Waals surface area contributed by atoms with Crippen molar-refractivity contribution in [3.8, 4) is 0 Å². The smallest absolute Gasteiger partial charge is 0.322 e. The number of carbonyl (C=O) groups excluding carboxylic acids is 2. The summed E-state index contributed by atoms with van der Waals surface area (Å²) in [6, 6.07) is 5.50. The fourth-order valence-electron chi connectivity index (χ4n) is 1.53. The molecule has 0 radical (unpaired) electrons. The van der Waals surface area contributed by atoms with Crippen LogP contribution in [0.25, 0.3) is 0 Å². The quantitative estimate of drug-likeness (QED) is 0.355. The topological polar surface area (TPSA) is 55.7 Å². The summed E-state index contributed by atoms with van der Waals surface area (Å²) in [5, 5.41) is 0. The number of carbonyl (C=O) groups is 2. The number of hydrogen-bond donors (Lipinski definition) is 0. The normalized spacial score (nSPS) is 13.0. The van der Waals surface area contributed by atoms with Gasteiger partial charge in [-0.25, -0.2) is 4.39 Å². The van der Waals surface area contributed by atoms with Gasteiger partial charge in [0.05, 0.1) is 12.7 Å². The maximum absolute atomic E-state index is 13.5. The molecule has 0 aliphatic rings. The summed E-state index contributed by atoms with van der Waals surface area (Å²) in [6.45, 7) is 1.53. The van der Waals surface area contributed by atoms with E-state index in [4.69, 9.17) is 0 Å². The molecule has 0 saturated carbocycles. The SMILES string of the molecule is CN=C(C)C(C(=O)OC)C(=O)c1ccccc1F. The minimum atomic E-state index is -1.20. The van der Waals surface area contributed by atoms with Crippen LogP contribution in [0.4, 0.5) is 4.39 Å². The molecule has 1 rings (SSSR count). The van der Waals surface area contributed by atoms with Gasteiger partial charge in [-0.1, -0.05) is 12.1 Å². The van der Waals surface area contributed by atoms with Crippen LogP contribution in [0.1, 0.15) is 17.3 Å². The standard InChI is InChI=1S/C13H14FNO3/c1-8(15-2)11(13(17)18-3)12(16)9-6-4-5-7-10(9)14/h4-7,11H,1-3H3. The van der Waals surface area contributed by atoms with Crippen molar-refractivity contribution < 1.29 is 18.7 Å². The summed E-state index contributed by atoms with van der Waals surface area (Å²) < 4.78 is 18.1. The van der Waals surface area contributed by atoms with Crippen LogP contribution in [0.2, 0.25) is 0 Å². The van der Waals surface area contributed by atoms with Crippen molar-refractivity contribution in [1.82, 2.24) is 0 Å². The van der Waals surface area contributed by atoms with E-state index in [1.807, 2.05) is 0 Å². The first-order valence-electron chi connectivity index (χ1n) is 5.32. The van der Waals surface area contributed by atoms with Crippen LogP contribution >= 0.6 is 0 Å². The predicted molar refractivity (Wildman–Crippen MR) is 65.3 cm³/mol. The highest BCUT2D eigenvalue weighted by Gasteiger charge is 2.32. The van der Waals surface area contributed by atoms with Crippen LogP contribution in [0.3, 0.4) is 0 Å². The van der Waals surface area contributed by atoms with Crippen LogP contribution in [-0.2, 0) is 9.53 Å². The molecule has 1 atom stereocenters. The van der Waals surface area contributed by atoms with E-state index in [9.17, 15) is 14.0 Å². The number of aliphatic imine (C=N–C) groups is 1. The van der Waals surface area contributed by atoms with Crippen molar-refractivity contribution >= 4 is 17.5 Å². The lowest BCUT2D eigenvalue weighted by Gasteiger charge is -2.13. The van der Waals surface area contributed by atoms with Crippen molar-refractivity contribution in [2.75, 3.05) is 14.2 Å². The Bertz CT molecular complexity index is 497. The van der Waals surface area contributed by atoms with Crippen LogP contribution < -0.4 is 0 Å². The Hall–Kier alpha value is -2.04. The molecule has 1 aromatic carbocycles. The van der Waals surface area contributed by atoms with E-state index < -0.39 is 23.5 Å². The van der Waals surface area contributed by atoms with E-state index in [-0.39, 0.29) is 11.3 Å². The van der Waals surface area contributed by atoms with Gasteiger partial charge in [0.25, 0.3) is 0 Å². The van der Waals surface area contributed by atoms with Gasteiger partial charge >= 0.3 is 5.97 Å². The third kappa shape index (κ3) is 2.80. The Kier molecular flexibility index (Phi) is 4.71. The first-order chi connectivity index (χ1) is 8.52. The summed E-state index contributed by atoms with van der Waals surface area (Å²) in [5.41, 5.74) is 0.144. The highest BCUT2D eigenvalue weighted by atomic mass is 19.1. The van der Waals surface area contributed by atoms with E-state index in [2.05, 4.69) is 9.73 Å².